The van der Waals surface area contributed by atoms with Crippen LogP contribution in [-0.2, 0) is 9.53 Å². The molecule has 2 aromatic heterocycles. The number of aryl methyl sites for hydroxylation is 1. The summed E-state index contributed by atoms with van der Waals surface area (Å²) in [6, 6.07) is 0. The van der Waals surface area contributed by atoms with Crippen LogP contribution in [0.25, 0.3) is 10.2 Å². The molecule has 0 fully saturated rings. The molecule has 0 aromatic carbocycles. The van der Waals surface area contributed by atoms with E-state index >= 15 is 0 Å². The molecule has 2 aromatic rings. The standard InChI is InChI=1S/C12H13N3O5S/c1-5-7-9(17)14-4-15-11(7)21-8(5)10(18)13-3-6(16)12(19)20-2/h4,6,16H,3H2,1-2H3,(H,13,18)(H,14,15,17). The Bertz CT molecular complexity index is 751. The normalized spacial score (nSPS) is 12.1. The third-order valence-corrected chi connectivity index (χ3v) is 4.07. The van der Waals surface area contributed by atoms with Crippen LogP contribution in [0.5, 0.6) is 0 Å². The Morgan fingerprint density at radius 1 is 1.57 bits per heavy atom. The Morgan fingerprint density at radius 3 is 2.90 bits per heavy atom. The van der Waals surface area contributed by atoms with Gasteiger partial charge in [-0.2, -0.15) is 0 Å². The van der Waals surface area contributed by atoms with Crippen molar-refractivity contribution in [2.45, 2.75) is 13.0 Å². The number of thiophene rings is 1. The minimum Gasteiger partial charge on any atom is -0.467 e. The number of nitrogens with zero attached hydrogens (tertiary/aromatic N) is 1. The molecule has 1 atom stereocenters. The van der Waals surface area contributed by atoms with E-state index in [4.69, 9.17) is 0 Å². The monoisotopic (exact) mass is 311 g/mol. The van der Waals surface area contributed by atoms with Crippen molar-refractivity contribution in [3.05, 3.63) is 27.1 Å². The van der Waals surface area contributed by atoms with Crippen LogP contribution in [-0.4, -0.2) is 46.7 Å². The molecule has 0 saturated heterocycles. The fourth-order valence-electron chi connectivity index (χ4n) is 1.78. The highest BCUT2D eigenvalue weighted by molar-refractivity contribution is 7.20. The number of aromatic nitrogens is 2. The van der Waals surface area contributed by atoms with E-state index in [-0.39, 0.29) is 12.1 Å². The number of aliphatic hydroxyl groups is 1. The summed E-state index contributed by atoms with van der Waals surface area (Å²) < 4.78 is 4.34. The Labute approximate surface area is 122 Å². The van der Waals surface area contributed by atoms with Crippen molar-refractivity contribution in [1.82, 2.24) is 15.3 Å². The van der Waals surface area contributed by atoms with E-state index in [1.54, 1.807) is 6.92 Å². The first kappa shape index (κ1) is 15.1. The predicted molar refractivity (Wildman–Crippen MR) is 75.3 cm³/mol. The molecule has 2 rings (SSSR count). The Kier molecular flexibility index (Phi) is 4.34. The molecule has 3 N–H and O–H groups in total. The van der Waals surface area contributed by atoms with Gasteiger partial charge in [0.1, 0.15) is 4.83 Å². The van der Waals surface area contributed by atoms with Crippen LogP contribution in [0, 0.1) is 6.92 Å². The first-order chi connectivity index (χ1) is 9.95. The molecule has 0 aliphatic heterocycles. The zero-order valence-electron chi connectivity index (χ0n) is 11.3. The van der Waals surface area contributed by atoms with Crippen LogP contribution < -0.4 is 10.9 Å². The largest absolute Gasteiger partial charge is 0.467 e. The van der Waals surface area contributed by atoms with E-state index in [9.17, 15) is 19.5 Å². The summed E-state index contributed by atoms with van der Waals surface area (Å²) in [5.74, 6) is -1.32. The lowest BCUT2D eigenvalue weighted by Crippen LogP contribution is -2.37. The second kappa shape index (κ2) is 6.02. The van der Waals surface area contributed by atoms with Crippen LogP contribution in [0.15, 0.2) is 11.1 Å². The number of methoxy groups -OCH3 is 1. The van der Waals surface area contributed by atoms with Crippen LogP contribution >= 0.6 is 11.3 Å². The number of H-pyrrole nitrogens is 1. The number of carbonyl (C=O) groups excluding carboxylic acids is 2. The molecule has 1 unspecified atom stereocenters. The number of carbonyl (C=O) groups is 2. The fraction of sp³-hybridized carbons (Fsp3) is 0.333. The number of aliphatic hydroxyl groups excluding tert-OH is 1. The summed E-state index contributed by atoms with van der Waals surface area (Å²) in [5, 5.41) is 12.2. The second-order valence-electron chi connectivity index (χ2n) is 4.22. The van der Waals surface area contributed by atoms with Gasteiger partial charge in [-0.05, 0) is 12.5 Å². The third-order valence-electron chi connectivity index (χ3n) is 2.87. The Morgan fingerprint density at radius 2 is 2.29 bits per heavy atom. The number of ether oxygens (including phenoxy) is 1. The number of rotatable bonds is 4. The molecule has 2 heterocycles. The molecule has 21 heavy (non-hydrogen) atoms. The molecule has 0 aliphatic rings. The first-order valence-corrected chi connectivity index (χ1v) is 6.78. The number of aromatic amines is 1. The van der Waals surface area contributed by atoms with Crippen molar-refractivity contribution < 1.29 is 19.4 Å². The summed E-state index contributed by atoms with van der Waals surface area (Å²) >= 11 is 1.07. The van der Waals surface area contributed by atoms with Crippen molar-refractivity contribution in [2.24, 2.45) is 0 Å². The van der Waals surface area contributed by atoms with Crippen LogP contribution in [0.2, 0.25) is 0 Å². The van der Waals surface area contributed by atoms with Crippen molar-refractivity contribution in [2.75, 3.05) is 13.7 Å². The van der Waals surface area contributed by atoms with Crippen LogP contribution in [0.4, 0.5) is 0 Å². The highest BCUT2D eigenvalue weighted by Crippen LogP contribution is 2.26. The number of esters is 1. The van der Waals surface area contributed by atoms with Crippen molar-refractivity contribution >= 4 is 33.4 Å². The zero-order valence-corrected chi connectivity index (χ0v) is 12.1. The van der Waals surface area contributed by atoms with Gasteiger partial charge in [-0.15, -0.1) is 11.3 Å². The zero-order chi connectivity index (χ0) is 15.6. The molecule has 0 bridgehead atoms. The van der Waals surface area contributed by atoms with Crippen LogP contribution in [0.1, 0.15) is 15.2 Å². The third kappa shape index (κ3) is 2.93. The van der Waals surface area contributed by atoms with Crippen molar-refractivity contribution in [3.63, 3.8) is 0 Å². The molecule has 0 aliphatic carbocycles. The summed E-state index contributed by atoms with van der Waals surface area (Å²) in [7, 11) is 1.14. The average Bonchev–Trinajstić information content (AvgIpc) is 2.82. The van der Waals surface area contributed by atoms with Crippen molar-refractivity contribution in [1.29, 1.82) is 0 Å². The van der Waals surface area contributed by atoms with Crippen LogP contribution in [0.3, 0.4) is 0 Å². The highest BCUT2D eigenvalue weighted by atomic mass is 32.1. The number of fused-ring (bicyclic) bond motifs is 1. The van der Waals surface area contributed by atoms with Gasteiger partial charge in [0.05, 0.1) is 30.2 Å². The smallest absolute Gasteiger partial charge is 0.336 e. The minimum absolute atomic E-state index is 0.275. The number of amides is 1. The molecular weight excluding hydrogens is 298 g/mol. The van der Waals surface area contributed by atoms with Gasteiger partial charge in [0.25, 0.3) is 11.5 Å². The van der Waals surface area contributed by atoms with E-state index in [1.165, 1.54) is 6.33 Å². The first-order valence-electron chi connectivity index (χ1n) is 5.96. The van der Waals surface area contributed by atoms with Gasteiger partial charge in [0.15, 0.2) is 6.10 Å². The maximum absolute atomic E-state index is 12.1. The highest BCUT2D eigenvalue weighted by Gasteiger charge is 2.21. The summed E-state index contributed by atoms with van der Waals surface area (Å²) in [5.41, 5.74) is 0.191. The minimum atomic E-state index is -1.44. The Balaban J connectivity index is 2.21. The molecule has 1 amide bonds. The molecule has 112 valence electrons. The second-order valence-corrected chi connectivity index (χ2v) is 5.22. The lowest BCUT2D eigenvalue weighted by Gasteiger charge is -2.09. The van der Waals surface area contributed by atoms with Gasteiger partial charge in [-0.25, -0.2) is 9.78 Å². The maximum atomic E-state index is 12.1. The molecule has 0 spiro atoms. The van der Waals surface area contributed by atoms with Crippen molar-refractivity contribution in [3.8, 4) is 0 Å². The fourth-order valence-corrected chi connectivity index (χ4v) is 2.85. The lowest BCUT2D eigenvalue weighted by atomic mass is 10.2. The number of hydrogen-bond donors (Lipinski definition) is 3. The van der Waals surface area contributed by atoms with E-state index < -0.39 is 18.0 Å². The molecule has 0 saturated carbocycles. The predicted octanol–water partition coefficient (Wildman–Crippen LogP) is -0.443. The molecule has 9 heteroatoms. The van der Waals surface area contributed by atoms with E-state index in [2.05, 4.69) is 20.0 Å². The summed E-state index contributed by atoms with van der Waals surface area (Å²) in [6.07, 6.45) is -0.168. The van der Waals surface area contributed by atoms with E-state index in [0.29, 0.717) is 20.7 Å². The summed E-state index contributed by atoms with van der Waals surface area (Å²) in [6.45, 7) is 1.37. The quantitative estimate of drug-likeness (QED) is 0.658. The molecular formula is C12H13N3O5S. The molecule has 0 radical (unpaired) electrons. The maximum Gasteiger partial charge on any atom is 0.336 e. The number of hydrogen-bond acceptors (Lipinski definition) is 7. The lowest BCUT2D eigenvalue weighted by molar-refractivity contribution is -0.149. The summed E-state index contributed by atoms with van der Waals surface area (Å²) in [4.78, 5) is 42.0. The van der Waals surface area contributed by atoms with Gasteiger partial charge >= 0.3 is 5.97 Å². The van der Waals surface area contributed by atoms with Gasteiger partial charge < -0.3 is 20.1 Å². The van der Waals surface area contributed by atoms with E-state index in [0.717, 1.165) is 18.4 Å². The topological polar surface area (TPSA) is 121 Å². The van der Waals surface area contributed by atoms with Gasteiger partial charge in [-0.3, -0.25) is 9.59 Å². The Hall–Kier alpha value is -2.26. The number of nitrogens with one attached hydrogen (secondary N) is 2. The van der Waals surface area contributed by atoms with Gasteiger partial charge in [0, 0.05) is 0 Å². The van der Waals surface area contributed by atoms with Gasteiger partial charge in [0.2, 0.25) is 0 Å². The van der Waals surface area contributed by atoms with Gasteiger partial charge in [-0.1, -0.05) is 0 Å². The average molecular weight is 311 g/mol. The SMILES string of the molecule is COC(=O)C(O)CNC(=O)c1sc2nc[nH]c(=O)c2c1C. The van der Waals surface area contributed by atoms with E-state index in [1.807, 2.05) is 0 Å². The molecule has 8 nitrogen and oxygen atoms in total.